The molecule has 0 bridgehead atoms. The normalized spacial score (nSPS) is 19.6. The van der Waals surface area contributed by atoms with Crippen LogP contribution in [-0.2, 0) is 13.1 Å². The average Bonchev–Trinajstić information content (AvgIpc) is 3.08. The van der Waals surface area contributed by atoms with Crippen LogP contribution in [0.15, 0.2) is 36.7 Å². The molecule has 1 saturated heterocycles. The lowest BCUT2D eigenvalue weighted by Crippen LogP contribution is -2.19. The van der Waals surface area contributed by atoms with Gasteiger partial charge in [0.25, 0.3) is 0 Å². The summed E-state index contributed by atoms with van der Waals surface area (Å²) in [6.45, 7) is 6.30. The van der Waals surface area contributed by atoms with Crippen molar-refractivity contribution in [3.05, 3.63) is 52.8 Å². The van der Waals surface area contributed by atoms with Crippen LogP contribution in [0.4, 0.5) is 0 Å². The third kappa shape index (κ3) is 3.05. The Morgan fingerprint density at radius 3 is 3.05 bits per heavy atom. The molecule has 4 heteroatoms. The van der Waals surface area contributed by atoms with Crippen molar-refractivity contribution in [3.63, 3.8) is 0 Å². The molecule has 106 valence electrons. The molecule has 1 aliphatic heterocycles. The van der Waals surface area contributed by atoms with E-state index in [1.54, 1.807) is 0 Å². The number of hydrogen-bond donors (Lipinski definition) is 0. The van der Waals surface area contributed by atoms with Crippen LogP contribution in [0.2, 0.25) is 5.02 Å². The molecule has 0 radical (unpaired) electrons. The molecule has 20 heavy (non-hydrogen) atoms. The summed E-state index contributed by atoms with van der Waals surface area (Å²) < 4.78 is 1.99. The molecule has 0 amide bonds. The van der Waals surface area contributed by atoms with Gasteiger partial charge in [0.1, 0.15) is 0 Å². The van der Waals surface area contributed by atoms with E-state index in [4.69, 9.17) is 11.6 Å². The summed E-state index contributed by atoms with van der Waals surface area (Å²) in [5.41, 5.74) is 2.67. The Balaban J connectivity index is 1.62. The summed E-state index contributed by atoms with van der Waals surface area (Å²) in [4.78, 5) is 2.50. The number of aromatic nitrogens is 2. The molecule has 0 aliphatic carbocycles. The highest BCUT2D eigenvalue weighted by atomic mass is 35.5. The minimum absolute atomic E-state index is 0.606. The maximum Gasteiger partial charge on any atom is 0.0534 e. The monoisotopic (exact) mass is 289 g/mol. The van der Waals surface area contributed by atoms with Crippen LogP contribution in [0.1, 0.15) is 30.4 Å². The maximum absolute atomic E-state index is 6.08. The molecule has 0 spiro atoms. The van der Waals surface area contributed by atoms with E-state index < -0.39 is 0 Å². The Labute approximate surface area is 125 Å². The Kier molecular flexibility index (Phi) is 4.08. The SMILES string of the molecule is CCn1cc(CN2CC[C@@H](c3cccc(Cl)c3)C2)cn1. The molecule has 3 nitrogen and oxygen atoms in total. The van der Waals surface area contributed by atoms with Gasteiger partial charge < -0.3 is 0 Å². The highest BCUT2D eigenvalue weighted by Gasteiger charge is 2.24. The van der Waals surface area contributed by atoms with Crippen molar-refractivity contribution in [1.82, 2.24) is 14.7 Å². The largest absolute Gasteiger partial charge is 0.298 e. The van der Waals surface area contributed by atoms with Gasteiger partial charge >= 0.3 is 0 Å². The summed E-state index contributed by atoms with van der Waals surface area (Å²) in [5.74, 6) is 0.606. The van der Waals surface area contributed by atoms with Gasteiger partial charge in [-0.25, -0.2) is 0 Å². The van der Waals surface area contributed by atoms with Gasteiger partial charge in [-0.05, 0) is 43.5 Å². The van der Waals surface area contributed by atoms with Crippen LogP contribution < -0.4 is 0 Å². The fourth-order valence-corrected chi connectivity index (χ4v) is 3.13. The molecular weight excluding hydrogens is 270 g/mol. The van der Waals surface area contributed by atoms with E-state index >= 15 is 0 Å². The van der Waals surface area contributed by atoms with Gasteiger partial charge in [-0.15, -0.1) is 0 Å². The summed E-state index contributed by atoms with van der Waals surface area (Å²) in [6.07, 6.45) is 5.34. The fraction of sp³-hybridized carbons (Fsp3) is 0.438. The molecule has 0 unspecified atom stereocenters. The Morgan fingerprint density at radius 1 is 1.40 bits per heavy atom. The van der Waals surface area contributed by atoms with Crippen LogP contribution in [0.25, 0.3) is 0 Å². The topological polar surface area (TPSA) is 21.1 Å². The highest BCUT2D eigenvalue weighted by Crippen LogP contribution is 2.29. The number of aryl methyl sites for hydroxylation is 1. The van der Waals surface area contributed by atoms with Crippen LogP contribution in [0.3, 0.4) is 0 Å². The van der Waals surface area contributed by atoms with E-state index in [2.05, 4.69) is 35.3 Å². The molecular formula is C16H20ClN3. The second kappa shape index (κ2) is 5.98. The van der Waals surface area contributed by atoms with Crippen molar-refractivity contribution < 1.29 is 0 Å². The van der Waals surface area contributed by atoms with Gasteiger partial charge in [0.2, 0.25) is 0 Å². The van der Waals surface area contributed by atoms with E-state index in [0.29, 0.717) is 5.92 Å². The summed E-state index contributed by atoms with van der Waals surface area (Å²) >= 11 is 6.08. The number of rotatable bonds is 4. The van der Waals surface area contributed by atoms with Crippen molar-refractivity contribution in [2.24, 2.45) is 0 Å². The molecule has 1 atom stereocenters. The number of nitrogens with zero attached hydrogens (tertiary/aromatic N) is 3. The van der Waals surface area contributed by atoms with Crippen molar-refractivity contribution in [3.8, 4) is 0 Å². The number of benzene rings is 1. The first-order valence-corrected chi connectivity index (χ1v) is 7.61. The Hall–Kier alpha value is -1.32. The molecule has 0 saturated carbocycles. The quantitative estimate of drug-likeness (QED) is 0.858. The van der Waals surface area contributed by atoms with Gasteiger partial charge in [-0.2, -0.15) is 5.10 Å². The standard InChI is InChI=1S/C16H20ClN3/c1-2-20-11-13(9-18-20)10-19-7-6-15(12-19)14-4-3-5-16(17)8-14/h3-5,8-9,11,15H,2,6-7,10,12H2,1H3/t15-/m1/s1. The first-order valence-electron chi connectivity index (χ1n) is 7.23. The Morgan fingerprint density at radius 2 is 2.30 bits per heavy atom. The molecule has 1 fully saturated rings. The van der Waals surface area contributed by atoms with Gasteiger partial charge in [-0.1, -0.05) is 23.7 Å². The van der Waals surface area contributed by atoms with E-state index in [1.807, 2.05) is 23.0 Å². The zero-order valence-electron chi connectivity index (χ0n) is 11.8. The first-order chi connectivity index (χ1) is 9.74. The zero-order chi connectivity index (χ0) is 13.9. The second-order valence-corrected chi connectivity index (χ2v) is 5.92. The van der Waals surface area contributed by atoms with Gasteiger partial charge in [-0.3, -0.25) is 9.58 Å². The van der Waals surface area contributed by atoms with Gasteiger partial charge in [0.05, 0.1) is 6.20 Å². The van der Waals surface area contributed by atoms with E-state index in [0.717, 1.165) is 31.2 Å². The molecule has 1 aromatic carbocycles. The lowest BCUT2D eigenvalue weighted by atomic mass is 9.99. The summed E-state index contributed by atoms with van der Waals surface area (Å²) in [6, 6.07) is 8.28. The maximum atomic E-state index is 6.08. The molecule has 0 N–H and O–H groups in total. The molecule has 1 aliphatic rings. The summed E-state index contributed by atoms with van der Waals surface area (Å²) in [7, 11) is 0. The number of halogens is 1. The van der Waals surface area contributed by atoms with E-state index in [-0.39, 0.29) is 0 Å². The average molecular weight is 290 g/mol. The minimum atomic E-state index is 0.606. The van der Waals surface area contributed by atoms with Crippen molar-refractivity contribution in [2.45, 2.75) is 32.4 Å². The minimum Gasteiger partial charge on any atom is -0.298 e. The molecule has 1 aromatic heterocycles. The molecule has 3 rings (SSSR count). The smallest absolute Gasteiger partial charge is 0.0534 e. The van der Waals surface area contributed by atoms with E-state index in [1.165, 1.54) is 17.5 Å². The highest BCUT2D eigenvalue weighted by molar-refractivity contribution is 6.30. The van der Waals surface area contributed by atoms with Crippen molar-refractivity contribution >= 4 is 11.6 Å². The van der Waals surface area contributed by atoms with Gasteiger partial charge in [0.15, 0.2) is 0 Å². The second-order valence-electron chi connectivity index (χ2n) is 5.48. The predicted molar refractivity (Wildman–Crippen MR) is 82.0 cm³/mol. The van der Waals surface area contributed by atoms with Crippen LogP contribution in [0, 0.1) is 0 Å². The zero-order valence-corrected chi connectivity index (χ0v) is 12.6. The fourth-order valence-electron chi connectivity index (χ4n) is 2.93. The molecule has 2 heterocycles. The van der Waals surface area contributed by atoms with Crippen LogP contribution in [0.5, 0.6) is 0 Å². The van der Waals surface area contributed by atoms with Gasteiger partial charge in [0, 0.05) is 36.4 Å². The third-order valence-corrected chi connectivity index (χ3v) is 4.24. The Bertz CT molecular complexity index is 579. The predicted octanol–water partition coefficient (Wildman–Crippen LogP) is 3.55. The first kappa shape index (κ1) is 13.7. The van der Waals surface area contributed by atoms with Crippen LogP contribution in [-0.4, -0.2) is 27.8 Å². The van der Waals surface area contributed by atoms with Crippen molar-refractivity contribution in [2.75, 3.05) is 13.1 Å². The van der Waals surface area contributed by atoms with E-state index in [9.17, 15) is 0 Å². The van der Waals surface area contributed by atoms with Crippen LogP contribution >= 0.6 is 11.6 Å². The third-order valence-electron chi connectivity index (χ3n) is 4.01. The lowest BCUT2D eigenvalue weighted by molar-refractivity contribution is 0.326. The van der Waals surface area contributed by atoms with Crippen molar-refractivity contribution in [1.29, 1.82) is 0 Å². The molecule has 2 aromatic rings. The number of likely N-dealkylation sites (tertiary alicyclic amines) is 1. The lowest BCUT2D eigenvalue weighted by Gasteiger charge is -2.15. The number of hydrogen-bond acceptors (Lipinski definition) is 2. The summed E-state index contributed by atoms with van der Waals surface area (Å²) in [5, 5.41) is 5.18.